The quantitative estimate of drug-likeness (QED) is 0.751. The lowest BCUT2D eigenvalue weighted by atomic mass is 10.2. The molecule has 0 heterocycles. The van der Waals surface area contributed by atoms with Crippen LogP contribution in [0.25, 0.3) is 0 Å². The fourth-order valence-corrected chi connectivity index (χ4v) is 2.81. The van der Waals surface area contributed by atoms with Gasteiger partial charge >= 0.3 is 0 Å². The number of ether oxygens (including phenoxy) is 1. The van der Waals surface area contributed by atoms with E-state index in [1.54, 1.807) is 19.1 Å². The highest BCUT2D eigenvalue weighted by molar-refractivity contribution is 7.92. The zero-order chi connectivity index (χ0) is 15.6. The number of nitrogens with two attached hydrogens (primary N) is 1. The number of methoxy groups -OCH3 is 1. The van der Waals surface area contributed by atoms with Crippen molar-refractivity contribution in [1.82, 2.24) is 0 Å². The average molecular weight is 308 g/mol. The summed E-state index contributed by atoms with van der Waals surface area (Å²) in [5.41, 5.74) is 6.94. The van der Waals surface area contributed by atoms with Crippen LogP contribution in [0, 0.1) is 6.92 Å². The predicted octanol–water partition coefficient (Wildman–Crippen LogP) is 2.09. The number of phenolic OH excluding ortho intramolecular Hbond substituents is 1. The summed E-state index contributed by atoms with van der Waals surface area (Å²) in [7, 11) is -2.38. The van der Waals surface area contributed by atoms with Crippen LogP contribution in [0.2, 0.25) is 0 Å². The molecule has 0 saturated carbocycles. The molecule has 0 saturated heterocycles. The van der Waals surface area contributed by atoms with E-state index in [2.05, 4.69) is 4.72 Å². The Kier molecular flexibility index (Phi) is 3.95. The number of aryl methyl sites for hydroxylation is 1. The molecule has 0 amide bonds. The Balaban J connectivity index is 2.35. The number of sulfonamides is 1. The summed E-state index contributed by atoms with van der Waals surface area (Å²) >= 11 is 0. The van der Waals surface area contributed by atoms with Gasteiger partial charge in [0.2, 0.25) is 0 Å². The highest BCUT2D eigenvalue weighted by Crippen LogP contribution is 2.27. The Morgan fingerprint density at radius 3 is 2.52 bits per heavy atom. The van der Waals surface area contributed by atoms with Gasteiger partial charge < -0.3 is 15.6 Å². The first-order valence-electron chi connectivity index (χ1n) is 6.09. The Bertz CT molecular complexity index is 773. The van der Waals surface area contributed by atoms with E-state index in [4.69, 9.17) is 10.5 Å². The van der Waals surface area contributed by atoms with Gasteiger partial charge in [0.05, 0.1) is 23.4 Å². The molecular weight excluding hydrogens is 292 g/mol. The number of nitrogen functional groups attached to an aromatic ring is 1. The highest BCUT2D eigenvalue weighted by atomic mass is 32.2. The topological polar surface area (TPSA) is 102 Å². The standard InChI is InChI=1S/C14H16N2O4S/c1-9-3-4-10(7-13(9)17)16-21(18,19)11-5-6-12(15)14(8-11)20-2/h3-8,16-17H,15H2,1-2H3. The maximum absolute atomic E-state index is 12.3. The number of rotatable bonds is 4. The summed E-state index contributed by atoms with van der Waals surface area (Å²) in [5, 5.41) is 9.61. The highest BCUT2D eigenvalue weighted by Gasteiger charge is 2.16. The van der Waals surface area contributed by atoms with Gasteiger partial charge in [0.25, 0.3) is 10.0 Å². The minimum absolute atomic E-state index is 0.0186. The number of benzene rings is 2. The zero-order valence-electron chi connectivity index (χ0n) is 11.6. The Labute approximate surface area is 123 Å². The van der Waals surface area contributed by atoms with Crippen molar-refractivity contribution in [1.29, 1.82) is 0 Å². The molecule has 0 aliphatic rings. The monoisotopic (exact) mass is 308 g/mol. The van der Waals surface area contributed by atoms with E-state index in [0.717, 1.165) is 0 Å². The van der Waals surface area contributed by atoms with Gasteiger partial charge in [-0.15, -0.1) is 0 Å². The largest absolute Gasteiger partial charge is 0.508 e. The average Bonchev–Trinajstić information content (AvgIpc) is 2.43. The molecule has 0 aliphatic heterocycles. The van der Waals surface area contributed by atoms with Crippen LogP contribution in [0.1, 0.15) is 5.56 Å². The third-order valence-electron chi connectivity index (χ3n) is 2.98. The van der Waals surface area contributed by atoms with Gasteiger partial charge in [0.1, 0.15) is 11.5 Å². The first-order chi connectivity index (χ1) is 9.83. The smallest absolute Gasteiger partial charge is 0.262 e. The first-order valence-corrected chi connectivity index (χ1v) is 7.58. The molecule has 0 spiro atoms. The lowest BCUT2D eigenvalue weighted by molar-refractivity contribution is 0.415. The van der Waals surface area contributed by atoms with Crippen molar-refractivity contribution in [3.8, 4) is 11.5 Å². The molecule has 0 unspecified atom stereocenters. The fourth-order valence-electron chi connectivity index (χ4n) is 1.75. The molecule has 0 aliphatic carbocycles. The maximum Gasteiger partial charge on any atom is 0.262 e. The molecule has 21 heavy (non-hydrogen) atoms. The minimum Gasteiger partial charge on any atom is -0.508 e. The van der Waals surface area contributed by atoms with E-state index in [1.165, 1.54) is 31.4 Å². The van der Waals surface area contributed by atoms with Gasteiger partial charge in [-0.3, -0.25) is 4.72 Å². The molecule has 0 fully saturated rings. The van der Waals surface area contributed by atoms with Gasteiger partial charge in [-0.25, -0.2) is 8.42 Å². The van der Waals surface area contributed by atoms with Crippen molar-refractivity contribution in [3.63, 3.8) is 0 Å². The molecule has 0 bridgehead atoms. The normalized spacial score (nSPS) is 11.1. The third kappa shape index (κ3) is 3.19. The van der Waals surface area contributed by atoms with Gasteiger partial charge in [0, 0.05) is 12.1 Å². The van der Waals surface area contributed by atoms with Gasteiger partial charge in [-0.2, -0.15) is 0 Å². The van der Waals surface area contributed by atoms with E-state index < -0.39 is 10.0 Å². The zero-order valence-corrected chi connectivity index (χ0v) is 12.4. The third-order valence-corrected chi connectivity index (χ3v) is 4.36. The Morgan fingerprint density at radius 2 is 1.90 bits per heavy atom. The lowest BCUT2D eigenvalue weighted by Crippen LogP contribution is -2.13. The minimum atomic E-state index is -3.79. The van der Waals surface area contributed by atoms with Crippen LogP contribution >= 0.6 is 0 Å². The second kappa shape index (κ2) is 5.53. The summed E-state index contributed by atoms with van der Waals surface area (Å²) in [6.07, 6.45) is 0. The SMILES string of the molecule is COc1cc(S(=O)(=O)Nc2ccc(C)c(O)c2)ccc1N. The number of hydrogen-bond acceptors (Lipinski definition) is 5. The van der Waals surface area contributed by atoms with Crippen LogP contribution in [0.5, 0.6) is 11.5 Å². The van der Waals surface area contributed by atoms with Gasteiger partial charge in [-0.1, -0.05) is 6.07 Å². The number of aromatic hydroxyl groups is 1. The molecule has 4 N–H and O–H groups in total. The lowest BCUT2D eigenvalue weighted by Gasteiger charge is -2.11. The van der Waals surface area contributed by atoms with Crippen LogP contribution < -0.4 is 15.2 Å². The first kappa shape index (κ1) is 15.0. The van der Waals surface area contributed by atoms with E-state index in [-0.39, 0.29) is 22.1 Å². The second-order valence-electron chi connectivity index (χ2n) is 4.51. The number of hydrogen-bond donors (Lipinski definition) is 3. The predicted molar refractivity (Wildman–Crippen MR) is 81.1 cm³/mol. The molecule has 2 aromatic rings. The maximum atomic E-state index is 12.3. The van der Waals surface area contributed by atoms with Crippen molar-refractivity contribution in [2.75, 3.05) is 17.6 Å². The molecule has 2 rings (SSSR count). The van der Waals surface area contributed by atoms with Crippen molar-refractivity contribution in [2.24, 2.45) is 0 Å². The summed E-state index contributed by atoms with van der Waals surface area (Å²) < 4.78 is 32.0. The van der Waals surface area contributed by atoms with E-state index in [9.17, 15) is 13.5 Å². The molecule has 2 aromatic carbocycles. The van der Waals surface area contributed by atoms with E-state index >= 15 is 0 Å². The van der Waals surface area contributed by atoms with Crippen LogP contribution in [0.3, 0.4) is 0 Å². The van der Waals surface area contributed by atoms with Crippen molar-refractivity contribution in [3.05, 3.63) is 42.0 Å². The van der Waals surface area contributed by atoms with Crippen molar-refractivity contribution < 1.29 is 18.3 Å². The van der Waals surface area contributed by atoms with Gasteiger partial charge in [-0.05, 0) is 30.7 Å². The van der Waals surface area contributed by atoms with E-state index in [1.807, 2.05) is 0 Å². The molecular formula is C14H16N2O4S. The molecule has 112 valence electrons. The Morgan fingerprint density at radius 1 is 1.19 bits per heavy atom. The second-order valence-corrected chi connectivity index (χ2v) is 6.19. The summed E-state index contributed by atoms with van der Waals surface area (Å²) in [4.78, 5) is 0.0219. The summed E-state index contributed by atoms with van der Waals surface area (Å²) in [6.45, 7) is 1.72. The molecule has 0 aromatic heterocycles. The molecule has 7 heteroatoms. The van der Waals surface area contributed by atoms with Gasteiger partial charge in [0.15, 0.2) is 0 Å². The number of anilines is 2. The molecule has 6 nitrogen and oxygen atoms in total. The van der Waals surface area contributed by atoms with E-state index in [0.29, 0.717) is 11.3 Å². The molecule has 0 radical (unpaired) electrons. The van der Waals surface area contributed by atoms with Crippen molar-refractivity contribution in [2.45, 2.75) is 11.8 Å². The van der Waals surface area contributed by atoms with Crippen LogP contribution in [-0.4, -0.2) is 20.6 Å². The number of nitrogens with one attached hydrogen (secondary N) is 1. The van der Waals surface area contributed by atoms with Crippen LogP contribution in [-0.2, 0) is 10.0 Å². The Hall–Kier alpha value is -2.41. The van der Waals surface area contributed by atoms with Crippen LogP contribution in [0.4, 0.5) is 11.4 Å². The summed E-state index contributed by atoms with van der Waals surface area (Å²) in [5.74, 6) is 0.301. The number of phenols is 1. The van der Waals surface area contributed by atoms with Crippen molar-refractivity contribution >= 4 is 21.4 Å². The fraction of sp³-hybridized carbons (Fsp3) is 0.143. The summed E-state index contributed by atoms with van der Waals surface area (Å²) in [6, 6.07) is 8.72. The van der Waals surface area contributed by atoms with Crippen LogP contribution in [0.15, 0.2) is 41.3 Å². The molecule has 0 atom stereocenters.